The maximum Gasteiger partial charge on any atom is 0.125 e. The predicted octanol–water partition coefficient (Wildman–Crippen LogP) is 3.25. The normalized spacial score (nSPS) is 34.4. The summed E-state index contributed by atoms with van der Waals surface area (Å²) >= 11 is 0. The van der Waals surface area contributed by atoms with Crippen LogP contribution in [0.5, 0.6) is 5.75 Å². The van der Waals surface area contributed by atoms with Crippen molar-refractivity contribution in [3.05, 3.63) is 41.1 Å². The van der Waals surface area contributed by atoms with Gasteiger partial charge in [0.2, 0.25) is 0 Å². The third-order valence-corrected chi connectivity index (χ3v) is 6.87. The summed E-state index contributed by atoms with van der Waals surface area (Å²) in [6.45, 7) is 3.13. The van der Waals surface area contributed by atoms with E-state index in [1.54, 1.807) is 7.11 Å². The summed E-state index contributed by atoms with van der Waals surface area (Å²) in [6, 6.07) is 7.14. The second-order valence-electron chi connectivity index (χ2n) is 7.68. The van der Waals surface area contributed by atoms with Crippen LogP contribution in [-0.2, 0) is 18.3 Å². The highest BCUT2D eigenvalue weighted by Gasteiger charge is 2.53. The van der Waals surface area contributed by atoms with Gasteiger partial charge in [0, 0.05) is 42.1 Å². The van der Waals surface area contributed by atoms with Crippen LogP contribution < -0.4 is 4.74 Å². The van der Waals surface area contributed by atoms with E-state index in [2.05, 4.69) is 41.6 Å². The fourth-order valence-electron chi connectivity index (χ4n) is 5.72. The minimum Gasteiger partial charge on any atom is -0.497 e. The molecule has 4 aliphatic rings. The number of rotatable bonds is 2. The lowest BCUT2D eigenvalue weighted by Crippen LogP contribution is -2.60. The van der Waals surface area contributed by atoms with Crippen LogP contribution in [-0.4, -0.2) is 35.4 Å². The van der Waals surface area contributed by atoms with Crippen LogP contribution in [0.15, 0.2) is 29.8 Å². The van der Waals surface area contributed by atoms with Gasteiger partial charge >= 0.3 is 0 Å². The number of carbonyl (C=O) groups excluding carboxylic acids is 1. The Kier molecular flexibility index (Phi) is 3.17. The molecular weight excluding hydrogens is 312 g/mol. The molecule has 3 saturated heterocycles. The van der Waals surface area contributed by atoms with E-state index in [0.717, 1.165) is 25.1 Å². The molecule has 25 heavy (non-hydrogen) atoms. The van der Waals surface area contributed by atoms with E-state index in [1.165, 1.54) is 34.0 Å². The van der Waals surface area contributed by atoms with Gasteiger partial charge < -0.3 is 14.1 Å². The number of carbonyl (C=O) groups is 1. The Morgan fingerprint density at radius 3 is 2.88 bits per heavy atom. The third-order valence-electron chi connectivity index (χ3n) is 6.87. The Morgan fingerprint density at radius 2 is 2.16 bits per heavy atom. The van der Waals surface area contributed by atoms with Crippen molar-refractivity contribution in [3.63, 3.8) is 0 Å². The minimum atomic E-state index is 0.130. The van der Waals surface area contributed by atoms with Crippen molar-refractivity contribution in [3.8, 4) is 5.75 Å². The van der Waals surface area contributed by atoms with Crippen LogP contribution in [0.3, 0.4) is 0 Å². The Balaban J connectivity index is 1.72. The summed E-state index contributed by atoms with van der Waals surface area (Å²) in [4.78, 5) is 14.5. The standard InChI is InChI=1S/C21H24N2O2/c1-4-12-10-23-19-9-16-15-7-13(25-3)5-6-18(15)22(2)21(16)20(23)8-14(12)17(19)11-24/h4-7,11,14,17,19-20H,8-10H2,1-3H3/b12-4-/t14-,17-,19-,20-/m0/s1. The fourth-order valence-corrected chi connectivity index (χ4v) is 5.72. The number of aldehydes is 1. The van der Waals surface area contributed by atoms with E-state index in [4.69, 9.17) is 4.74 Å². The van der Waals surface area contributed by atoms with Gasteiger partial charge in [-0.3, -0.25) is 4.90 Å². The van der Waals surface area contributed by atoms with Gasteiger partial charge in [-0.2, -0.15) is 0 Å². The molecule has 4 nitrogen and oxygen atoms in total. The van der Waals surface area contributed by atoms with Crippen LogP contribution in [0.2, 0.25) is 0 Å². The minimum absolute atomic E-state index is 0.130. The summed E-state index contributed by atoms with van der Waals surface area (Å²) in [6.07, 6.45) is 5.48. The van der Waals surface area contributed by atoms with Crippen molar-refractivity contribution < 1.29 is 9.53 Å². The topological polar surface area (TPSA) is 34.5 Å². The number of hydrogen-bond acceptors (Lipinski definition) is 3. The molecule has 5 atom stereocenters. The molecule has 4 bridgehead atoms. The zero-order chi connectivity index (χ0) is 17.3. The van der Waals surface area contributed by atoms with E-state index < -0.39 is 0 Å². The summed E-state index contributed by atoms with van der Waals surface area (Å²) in [5, 5.41) is 1.29. The molecule has 2 aromatic rings. The van der Waals surface area contributed by atoms with E-state index >= 15 is 0 Å². The summed E-state index contributed by atoms with van der Waals surface area (Å²) in [5.41, 5.74) is 5.60. The highest BCUT2D eigenvalue weighted by Crippen LogP contribution is 2.54. The van der Waals surface area contributed by atoms with Gasteiger partial charge in [-0.1, -0.05) is 11.6 Å². The van der Waals surface area contributed by atoms with Crippen molar-refractivity contribution in [2.24, 2.45) is 18.9 Å². The smallest absolute Gasteiger partial charge is 0.125 e. The molecule has 0 amide bonds. The number of aromatic nitrogens is 1. The van der Waals surface area contributed by atoms with Crippen LogP contribution >= 0.6 is 0 Å². The SMILES string of the molecule is C/C=C1/CN2[C@H]3C[C@@H]1[C@H](C=O)[C@@H]2Cc1c3n(C)c2ccc(OC)cc12. The monoisotopic (exact) mass is 336 g/mol. The Bertz CT molecular complexity index is 910. The van der Waals surface area contributed by atoms with Gasteiger partial charge in [0.05, 0.1) is 13.2 Å². The number of allylic oxidation sites excluding steroid dienone is 1. The van der Waals surface area contributed by atoms with Crippen LogP contribution in [0.1, 0.15) is 30.6 Å². The first-order valence-electron chi connectivity index (χ1n) is 9.19. The molecule has 5 heterocycles. The molecular formula is C21H24N2O2. The molecule has 0 spiro atoms. The number of piperidine rings is 3. The molecule has 0 N–H and O–H groups in total. The molecule has 1 unspecified atom stereocenters. The molecule has 4 aliphatic heterocycles. The molecule has 6 rings (SSSR count). The first kappa shape index (κ1) is 15.2. The second kappa shape index (κ2) is 5.21. The molecule has 1 aromatic heterocycles. The number of fused-ring (bicyclic) bond motifs is 4. The number of ether oxygens (including phenoxy) is 1. The quantitative estimate of drug-likeness (QED) is 0.624. The van der Waals surface area contributed by atoms with Gasteiger partial charge in [-0.25, -0.2) is 0 Å². The fraction of sp³-hybridized carbons (Fsp3) is 0.476. The zero-order valence-electron chi connectivity index (χ0n) is 15.0. The van der Waals surface area contributed by atoms with Gasteiger partial charge in [0.15, 0.2) is 0 Å². The maximum atomic E-state index is 11.9. The summed E-state index contributed by atoms with van der Waals surface area (Å²) < 4.78 is 7.83. The van der Waals surface area contributed by atoms with Crippen molar-refractivity contribution in [2.45, 2.75) is 31.8 Å². The maximum absolute atomic E-state index is 11.9. The summed E-state index contributed by atoms with van der Waals surface area (Å²) in [7, 11) is 3.90. The molecule has 0 radical (unpaired) electrons. The lowest BCUT2D eigenvalue weighted by atomic mass is 9.64. The lowest BCUT2D eigenvalue weighted by Gasteiger charge is -2.57. The molecule has 3 fully saturated rings. The molecule has 0 saturated carbocycles. The van der Waals surface area contributed by atoms with Crippen LogP contribution in [0.25, 0.3) is 10.9 Å². The average molecular weight is 336 g/mol. The second-order valence-corrected chi connectivity index (χ2v) is 7.68. The third kappa shape index (κ3) is 1.83. The van der Waals surface area contributed by atoms with E-state index in [0.29, 0.717) is 18.0 Å². The Labute approximate surface area is 148 Å². The average Bonchev–Trinajstić information content (AvgIpc) is 2.93. The first-order chi connectivity index (χ1) is 12.2. The number of nitrogens with zero attached hydrogens (tertiary/aromatic N) is 2. The highest BCUT2D eigenvalue weighted by atomic mass is 16.5. The van der Waals surface area contributed by atoms with Crippen LogP contribution in [0, 0.1) is 11.8 Å². The van der Waals surface area contributed by atoms with Crippen molar-refractivity contribution in [1.82, 2.24) is 9.47 Å². The van der Waals surface area contributed by atoms with E-state index in [9.17, 15) is 4.79 Å². The number of hydrogen-bond donors (Lipinski definition) is 0. The summed E-state index contributed by atoms with van der Waals surface area (Å²) in [5.74, 6) is 1.45. The zero-order valence-corrected chi connectivity index (χ0v) is 15.0. The predicted molar refractivity (Wildman–Crippen MR) is 97.8 cm³/mol. The number of methoxy groups -OCH3 is 1. The molecule has 1 aromatic carbocycles. The van der Waals surface area contributed by atoms with Gasteiger partial charge in [-0.15, -0.1) is 0 Å². The van der Waals surface area contributed by atoms with E-state index in [-0.39, 0.29) is 5.92 Å². The van der Waals surface area contributed by atoms with E-state index in [1.807, 2.05) is 6.07 Å². The Hall–Kier alpha value is -2.07. The Morgan fingerprint density at radius 1 is 1.32 bits per heavy atom. The lowest BCUT2D eigenvalue weighted by molar-refractivity contribution is -0.121. The number of benzene rings is 1. The molecule has 0 aliphatic carbocycles. The largest absolute Gasteiger partial charge is 0.497 e. The van der Waals surface area contributed by atoms with Crippen molar-refractivity contribution in [1.29, 1.82) is 0 Å². The highest BCUT2D eigenvalue weighted by molar-refractivity contribution is 5.87. The molecule has 130 valence electrons. The molecule has 4 heteroatoms. The number of aryl methyl sites for hydroxylation is 1. The first-order valence-corrected chi connectivity index (χ1v) is 9.19. The van der Waals surface area contributed by atoms with Crippen molar-refractivity contribution >= 4 is 17.2 Å². The van der Waals surface area contributed by atoms with Gasteiger partial charge in [0.1, 0.15) is 12.0 Å². The van der Waals surface area contributed by atoms with Crippen LogP contribution in [0.4, 0.5) is 0 Å². The van der Waals surface area contributed by atoms with Gasteiger partial charge in [0.25, 0.3) is 0 Å². The van der Waals surface area contributed by atoms with Gasteiger partial charge in [-0.05, 0) is 49.4 Å². The van der Waals surface area contributed by atoms with Crippen molar-refractivity contribution in [2.75, 3.05) is 13.7 Å².